The molecule has 6 heteroatoms. The molecule has 1 aromatic rings. The summed E-state index contributed by atoms with van der Waals surface area (Å²) in [5.74, 6) is 0. The zero-order valence-corrected chi connectivity index (χ0v) is 10.1. The van der Waals surface area contributed by atoms with Crippen LogP contribution >= 0.6 is 0 Å². The van der Waals surface area contributed by atoms with Gasteiger partial charge in [-0.25, -0.2) is 0 Å². The SMILES string of the molecule is CC(O)C(C)(C)Nc1cccc(N)c1[N+](=O)[O-]. The molecule has 1 atom stereocenters. The molecule has 0 heterocycles. The molecular formula is C11H17N3O3. The Hall–Kier alpha value is -1.82. The molecule has 17 heavy (non-hydrogen) atoms. The van der Waals surface area contributed by atoms with Crippen molar-refractivity contribution in [3.63, 3.8) is 0 Å². The summed E-state index contributed by atoms with van der Waals surface area (Å²) in [7, 11) is 0. The number of nitrogens with one attached hydrogen (secondary N) is 1. The van der Waals surface area contributed by atoms with Crippen molar-refractivity contribution in [2.75, 3.05) is 11.1 Å². The molecule has 1 unspecified atom stereocenters. The van der Waals surface area contributed by atoms with Gasteiger partial charge in [0.2, 0.25) is 0 Å². The van der Waals surface area contributed by atoms with Crippen LogP contribution in [0.15, 0.2) is 18.2 Å². The van der Waals surface area contributed by atoms with Crippen LogP contribution in [0.4, 0.5) is 17.1 Å². The van der Waals surface area contributed by atoms with E-state index in [-0.39, 0.29) is 11.4 Å². The van der Waals surface area contributed by atoms with Gasteiger partial charge in [0.25, 0.3) is 0 Å². The Balaban J connectivity index is 3.15. The zero-order valence-electron chi connectivity index (χ0n) is 10.1. The number of hydrogen-bond donors (Lipinski definition) is 3. The van der Waals surface area contributed by atoms with Gasteiger partial charge in [-0.2, -0.15) is 0 Å². The smallest absolute Gasteiger partial charge is 0.314 e. The number of aliphatic hydroxyl groups is 1. The van der Waals surface area contributed by atoms with E-state index in [0.717, 1.165) is 0 Å². The predicted octanol–water partition coefficient (Wildman–Crippen LogP) is 1.75. The molecular weight excluding hydrogens is 222 g/mol. The van der Waals surface area contributed by atoms with Crippen LogP contribution < -0.4 is 11.1 Å². The second kappa shape index (κ2) is 4.58. The highest BCUT2D eigenvalue weighted by atomic mass is 16.6. The van der Waals surface area contributed by atoms with Crippen LogP contribution in [0.2, 0.25) is 0 Å². The standard InChI is InChI=1S/C11H17N3O3/c1-7(15)11(2,3)13-9-6-4-5-8(12)10(9)14(16)17/h4-7,13,15H,12H2,1-3H3. The Labute approximate surface area is 99.6 Å². The lowest BCUT2D eigenvalue weighted by atomic mass is 9.98. The minimum atomic E-state index is -0.682. The largest absolute Gasteiger partial charge is 0.393 e. The van der Waals surface area contributed by atoms with Crippen molar-refractivity contribution in [1.82, 2.24) is 0 Å². The number of nitrogens with zero attached hydrogens (tertiary/aromatic N) is 1. The van der Waals surface area contributed by atoms with E-state index >= 15 is 0 Å². The number of anilines is 2. The van der Waals surface area contributed by atoms with Crippen LogP contribution in [0.1, 0.15) is 20.8 Å². The summed E-state index contributed by atoms with van der Waals surface area (Å²) in [6.45, 7) is 5.13. The van der Waals surface area contributed by atoms with E-state index in [0.29, 0.717) is 5.69 Å². The van der Waals surface area contributed by atoms with Gasteiger partial charge >= 0.3 is 5.69 Å². The minimum absolute atomic E-state index is 0.0985. The van der Waals surface area contributed by atoms with Crippen LogP contribution in [0, 0.1) is 10.1 Å². The first kappa shape index (κ1) is 13.2. The van der Waals surface area contributed by atoms with Crippen molar-refractivity contribution in [2.24, 2.45) is 0 Å². The van der Waals surface area contributed by atoms with Crippen LogP contribution in [0.3, 0.4) is 0 Å². The monoisotopic (exact) mass is 239 g/mol. The number of hydrogen-bond acceptors (Lipinski definition) is 5. The number of nitro groups is 1. The molecule has 6 nitrogen and oxygen atoms in total. The third-order valence-corrected chi connectivity index (χ3v) is 2.75. The Morgan fingerprint density at radius 3 is 2.59 bits per heavy atom. The van der Waals surface area contributed by atoms with E-state index in [4.69, 9.17) is 5.73 Å². The van der Waals surface area contributed by atoms with Gasteiger partial charge in [-0.15, -0.1) is 0 Å². The third kappa shape index (κ3) is 2.85. The van der Waals surface area contributed by atoms with Gasteiger partial charge in [-0.3, -0.25) is 10.1 Å². The van der Waals surface area contributed by atoms with E-state index in [1.165, 1.54) is 6.07 Å². The zero-order chi connectivity index (χ0) is 13.2. The molecule has 0 aliphatic carbocycles. The number of nitrogens with two attached hydrogens (primary N) is 1. The molecule has 0 aliphatic heterocycles. The summed E-state index contributed by atoms with van der Waals surface area (Å²) in [6, 6.07) is 4.67. The topological polar surface area (TPSA) is 101 Å². The second-order valence-corrected chi connectivity index (χ2v) is 4.52. The first-order chi connectivity index (χ1) is 7.75. The number of para-hydroxylation sites is 1. The van der Waals surface area contributed by atoms with E-state index in [2.05, 4.69) is 5.32 Å². The van der Waals surface area contributed by atoms with Crippen molar-refractivity contribution in [3.8, 4) is 0 Å². The molecule has 1 rings (SSSR count). The summed E-state index contributed by atoms with van der Waals surface area (Å²) in [6.07, 6.45) is -0.663. The minimum Gasteiger partial charge on any atom is -0.393 e. The summed E-state index contributed by atoms with van der Waals surface area (Å²) < 4.78 is 0. The number of nitrogen functional groups attached to an aromatic ring is 1. The van der Waals surface area contributed by atoms with Gasteiger partial charge in [-0.1, -0.05) is 6.07 Å². The molecule has 0 radical (unpaired) electrons. The molecule has 0 spiro atoms. The molecule has 0 aliphatic rings. The van der Waals surface area contributed by atoms with Crippen LogP contribution in [-0.2, 0) is 0 Å². The molecule has 0 saturated carbocycles. The van der Waals surface area contributed by atoms with Crippen molar-refractivity contribution in [2.45, 2.75) is 32.4 Å². The lowest BCUT2D eigenvalue weighted by Gasteiger charge is -2.30. The van der Waals surface area contributed by atoms with Crippen LogP contribution in [0.5, 0.6) is 0 Å². The molecule has 0 saturated heterocycles. The van der Waals surface area contributed by atoms with Gasteiger partial charge in [0.1, 0.15) is 11.4 Å². The van der Waals surface area contributed by atoms with Crippen molar-refractivity contribution in [1.29, 1.82) is 0 Å². The molecule has 0 aromatic heterocycles. The van der Waals surface area contributed by atoms with E-state index in [1.54, 1.807) is 32.9 Å². The van der Waals surface area contributed by atoms with Crippen LogP contribution in [0.25, 0.3) is 0 Å². The lowest BCUT2D eigenvalue weighted by Crippen LogP contribution is -2.42. The Morgan fingerprint density at radius 2 is 2.12 bits per heavy atom. The van der Waals surface area contributed by atoms with Crippen molar-refractivity contribution < 1.29 is 10.0 Å². The maximum absolute atomic E-state index is 10.9. The highest BCUT2D eigenvalue weighted by Crippen LogP contribution is 2.32. The first-order valence-electron chi connectivity index (χ1n) is 5.25. The average Bonchev–Trinajstić information content (AvgIpc) is 2.15. The maximum Gasteiger partial charge on any atom is 0.314 e. The summed E-state index contributed by atoms with van der Waals surface area (Å²) in [5, 5.41) is 23.4. The van der Waals surface area contributed by atoms with Crippen molar-refractivity contribution >= 4 is 17.1 Å². The molecule has 94 valence electrons. The molecule has 4 N–H and O–H groups in total. The quantitative estimate of drug-likeness (QED) is 0.422. The number of rotatable bonds is 4. The van der Waals surface area contributed by atoms with Gasteiger partial charge in [0, 0.05) is 0 Å². The highest BCUT2D eigenvalue weighted by Gasteiger charge is 2.27. The Kier molecular flexibility index (Phi) is 3.57. The van der Waals surface area contributed by atoms with Crippen molar-refractivity contribution in [3.05, 3.63) is 28.3 Å². The molecule has 0 bridgehead atoms. The fourth-order valence-corrected chi connectivity index (χ4v) is 1.32. The molecule has 1 aromatic carbocycles. The normalized spacial score (nSPS) is 13.2. The summed E-state index contributed by atoms with van der Waals surface area (Å²) in [4.78, 5) is 10.4. The Bertz CT molecular complexity index is 430. The third-order valence-electron chi connectivity index (χ3n) is 2.75. The fraction of sp³-hybridized carbons (Fsp3) is 0.455. The van der Waals surface area contributed by atoms with Gasteiger partial charge in [0.15, 0.2) is 0 Å². The van der Waals surface area contributed by atoms with Crippen LogP contribution in [-0.4, -0.2) is 21.7 Å². The lowest BCUT2D eigenvalue weighted by molar-refractivity contribution is -0.383. The summed E-state index contributed by atoms with van der Waals surface area (Å²) in [5.41, 5.74) is 5.13. The highest BCUT2D eigenvalue weighted by molar-refractivity contribution is 5.74. The summed E-state index contributed by atoms with van der Waals surface area (Å²) >= 11 is 0. The number of nitro benzene ring substituents is 1. The first-order valence-corrected chi connectivity index (χ1v) is 5.25. The Morgan fingerprint density at radius 1 is 1.53 bits per heavy atom. The maximum atomic E-state index is 10.9. The van der Waals surface area contributed by atoms with Gasteiger partial charge < -0.3 is 16.2 Å². The second-order valence-electron chi connectivity index (χ2n) is 4.52. The van der Waals surface area contributed by atoms with E-state index < -0.39 is 16.6 Å². The van der Waals surface area contributed by atoms with Gasteiger partial charge in [-0.05, 0) is 32.9 Å². The van der Waals surface area contributed by atoms with Gasteiger partial charge in [0.05, 0.1) is 16.6 Å². The molecule has 0 fully saturated rings. The van der Waals surface area contributed by atoms with E-state index in [1.807, 2.05) is 0 Å². The molecule has 0 amide bonds. The average molecular weight is 239 g/mol. The number of benzene rings is 1. The number of aliphatic hydroxyl groups excluding tert-OH is 1. The predicted molar refractivity (Wildman–Crippen MR) is 66.9 cm³/mol. The van der Waals surface area contributed by atoms with E-state index in [9.17, 15) is 15.2 Å². The fourth-order valence-electron chi connectivity index (χ4n) is 1.32.